The average molecular weight is 355 g/mol. The molecule has 2 unspecified atom stereocenters. The summed E-state index contributed by atoms with van der Waals surface area (Å²) in [5.41, 5.74) is 4.63. The molecule has 4 heterocycles. The summed E-state index contributed by atoms with van der Waals surface area (Å²) < 4.78 is 0. The number of aliphatic imine (C=N–C) groups is 1. The Morgan fingerprint density at radius 1 is 1.28 bits per heavy atom. The summed E-state index contributed by atoms with van der Waals surface area (Å²) in [6.45, 7) is 4.85. The van der Waals surface area contributed by atoms with Crippen molar-refractivity contribution < 1.29 is 0 Å². The second-order valence-corrected chi connectivity index (χ2v) is 7.29. The summed E-state index contributed by atoms with van der Waals surface area (Å²) in [7, 11) is 0. The molecule has 2 atom stereocenters. The predicted molar refractivity (Wildman–Crippen MR) is 100 cm³/mol. The van der Waals surface area contributed by atoms with Gasteiger partial charge in [-0.1, -0.05) is 17.7 Å². The number of rotatable bonds is 3. The topological polar surface area (TPSA) is 65.4 Å². The highest BCUT2D eigenvalue weighted by atomic mass is 35.5. The van der Waals surface area contributed by atoms with E-state index in [4.69, 9.17) is 16.6 Å². The van der Waals surface area contributed by atoms with E-state index in [9.17, 15) is 0 Å². The van der Waals surface area contributed by atoms with Crippen LogP contribution in [0.5, 0.6) is 0 Å². The monoisotopic (exact) mass is 354 g/mol. The van der Waals surface area contributed by atoms with Crippen LogP contribution < -0.4 is 15.5 Å². The van der Waals surface area contributed by atoms with Crippen molar-refractivity contribution in [3.63, 3.8) is 0 Å². The second kappa shape index (κ2) is 5.68. The summed E-state index contributed by atoms with van der Waals surface area (Å²) in [6.07, 6.45) is 4.85. The Labute approximate surface area is 151 Å². The molecule has 2 fully saturated rings. The van der Waals surface area contributed by atoms with Crippen LogP contribution >= 0.6 is 11.6 Å². The van der Waals surface area contributed by atoms with Gasteiger partial charge in [-0.3, -0.25) is 4.99 Å². The lowest BCUT2D eigenvalue weighted by Crippen LogP contribution is -2.68. The minimum absolute atomic E-state index is 0.491. The smallest absolute Gasteiger partial charge is 0.227 e. The SMILES string of the molecule is Cc1c(Nc2nc(N3C4CNCC3C4)ncc2Cl)ccc2c1C=NC2. The van der Waals surface area contributed by atoms with E-state index < -0.39 is 0 Å². The first-order valence-corrected chi connectivity index (χ1v) is 8.99. The number of nitrogens with one attached hydrogen (secondary N) is 2. The van der Waals surface area contributed by atoms with Crippen molar-refractivity contribution in [1.29, 1.82) is 0 Å². The van der Waals surface area contributed by atoms with Gasteiger partial charge in [-0.2, -0.15) is 4.98 Å². The molecule has 25 heavy (non-hydrogen) atoms. The summed E-state index contributed by atoms with van der Waals surface area (Å²) in [6, 6.07) is 5.17. The Balaban J connectivity index is 1.46. The zero-order valence-electron chi connectivity index (χ0n) is 14.0. The number of benzene rings is 1. The number of fused-ring (bicyclic) bond motifs is 3. The van der Waals surface area contributed by atoms with Crippen molar-refractivity contribution in [3.05, 3.63) is 40.0 Å². The molecule has 1 aromatic carbocycles. The minimum atomic E-state index is 0.491. The van der Waals surface area contributed by atoms with E-state index in [0.29, 0.717) is 22.9 Å². The maximum Gasteiger partial charge on any atom is 0.227 e. The summed E-state index contributed by atoms with van der Waals surface area (Å²) in [5.74, 6) is 1.41. The van der Waals surface area contributed by atoms with Gasteiger partial charge >= 0.3 is 0 Å². The van der Waals surface area contributed by atoms with Gasteiger partial charge in [0.25, 0.3) is 0 Å². The number of hydrogen-bond acceptors (Lipinski definition) is 6. The first kappa shape index (κ1) is 15.1. The van der Waals surface area contributed by atoms with Crippen LogP contribution in [0.25, 0.3) is 0 Å². The third kappa shape index (κ3) is 2.40. The summed E-state index contributed by atoms with van der Waals surface area (Å²) >= 11 is 6.36. The van der Waals surface area contributed by atoms with Gasteiger partial charge in [-0.05, 0) is 30.5 Å². The quantitative estimate of drug-likeness (QED) is 0.887. The lowest BCUT2D eigenvalue weighted by Gasteiger charge is -2.53. The fourth-order valence-electron chi connectivity index (χ4n) is 3.98. The molecule has 7 heteroatoms. The van der Waals surface area contributed by atoms with E-state index in [1.165, 1.54) is 23.1 Å². The van der Waals surface area contributed by atoms with E-state index in [2.05, 4.69) is 44.6 Å². The number of nitrogens with zero attached hydrogens (tertiary/aromatic N) is 4. The van der Waals surface area contributed by atoms with Gasteiger partial charge in [0, 0.05) is 42.6 Å². The van der Waals surface area contributed by atoms with Crippen molar-refractivity contribution in [2.24, 2.45) is 4.99 Å². The van der Waals surface area contributed by atoms with Crippen LogP contribution in [0.1, 0.15) is 23.1 Å². The minimum Gasteiger partial charge on any atom is -0.339 e. The molecular formula is C18H19ClN6. The molecule has 2 saturated heterocycles. The van der Waals surface area contributed by atoms with Gasteiger partial charge in [0.2, 0.25) is 5.95 Å². The average Bonchev–Trinajstić information content (AvgIpc) is 3.10. The molecule has 0 amide bonds. The maximum absolute atomic E-state index is 6.36. The number of anilines is 3. The Morgan fingerprint density at radius 3 is 2.92 bits per heavy atom. The van der Waals surface area contributed by atoms with Crippen LogP contribution in [-0.4, -0.2) is 41.4 Å². The molecule has 6 nitrogen and oxygen atoms in total. The predicted octanol–water partition coefficient (Wildman–Crippen LogP) is 2.67. The number of piperidine rings is 1. The van der Waals surface area contributed by atoms with Crippen LogP contribution in [0.15, 0.2) is 23.3 Å². The highest BCUT2D eigenvalue weighted by molar-refractivity contribution is 6.32. The van der Waals surface area contributed by atoms with E-state index in [1.807, 2.05) is 6.21 Å². The fraction of sp³-hybridized carbons (Fsp3) is 0.389. The molecule has 0 radical (unpaired) electrons. The zero-order valence-corrected chi connectivity index (χ0v) is 14.7. The highest BCUT2D eigenvalue weighted by Crippen LogP contribution is 2.35. The lowest BCUT2D eigenvalue weighted by molar-refractivity contribution is 0.258. The zero-order chi connectivity index (χ0) is 17.0. The molecule has 0 saturated carbocycles. The van der Waals surface area contributed by atoms with E-state index >= 15 is 0 Å². The normalized spacial score (nSPS) is 23.4. The van der Waals surface area contributed by atoms with Gasteiger partial charge in [0.05, 0.1) is 12.7 Å². The van der Waals surface area contributed by atoms with Gasteiger partial charge in [-0.25, -0.2) is 4.98 Å². The molecular weight excluding hydrogens is 336 g/mol. The van der Waals surface area contributed by atoms with E-state index in [1.54, 1.807) is 6.20 Å². The lowest BCUT2D eigenvalue weighted by atomic mass is 9.89. The van der Waals surface area contributed by atoms with Gasteiger partial charge in [-0.15, -0.1) is 0 Å². The molecule has 2 bridgehead atoms. The number of aromatic nitrogens is 2. The standard InChI is InChI=1S/C18H19ClN6/c1-10-14-8-20-5-11(14)2-3-16(10)23-17-15(19)9-22-18(24-17)25-12-4-13(25)7-21-6-12/h2-3,8-9,12-13,21H,4-7H2,1H3,(H,22,23,24). The van der Waals surface area contributed by atoms with Crippen LogP contribution in [0.4, 0.5) is 17.5 Å². The largest absolute Gasteiger partial charge is 0.339 e. The van der Waals surface area contributed by atoms with Crippen molar-refractivity contribution in [1.82, 2.24) is 15.3 Å². The molecule has 2 aromatic rings. The Morgan fingerprint density at radius 2 is 2.12 bits per heavy atom. The molecule has 0 aliphatic carbocycles. The van der Waals surface area contributed by atoms with Crippen molar-refractivity contribution in [3.8, 4) is 0 Å². The van der Waals surface area contributed by atoms with Gasteiger partial charge < -0.3 is 15.5 Å². The Kier molecular flexibility index (Phi) is 3.43. The molecule has 5 rings (SSSR count). The first-order chi connectivity index (χ1) is 12.2. The third-order valence-electron chi connectivity index (χ3n) is 5.39. The molecule has 3 aliphatic heterocycles. The van der Waals surface area contributed by atoms with Crippen molar-refractivity contribution >= 4 is 35.3 Å². The van der Waals surface area contributed by atoms with Gasteiger partial charge in [0.15, 0.2) is 5.82 Å². The number of halogens is 1. The Hall–Kier alpha value is -2.18. The number of hydrogen-bond donors (Lipinski definition) is 2. The van der Waals surface area contributed by atoms with Crippen LogP contribution in [0.2, 0.25) is 5.02 Å². The maximum atomic E-state index is 6.36. The molecule has 1 aromatic heterocycles. The summed E-state index contributed by atoms with van der Waals surface area (Å²) in [5, 5.41) is 7.35. The third-order valence-corrected chi connectivity index (χ3v) is 5.67. The molecule has 2 N–H and O–H groups in total. The van der Waals surface area contributed by atoms with Crippen LogP contribution in [0.3, 0.4) is 0 Å². The Bertz CT molecular complexity index is 866. The van der Waals surface area contributed by atoms with Crippen LogP contribution in [0, 0.1) is 6.92 Å². The summed E-state index contributed by atoms with van der Waals surface area (Å²) in [4.78, 5) is 15.8. The molecule has 3 aliphatic rings. The highest BCUT2D eigenvalue weighted by Gasteiger charge is 2.42. The van der Waals surface area contributed by atoms with Crippen molar-refractivity contribution in [2.75, 3.05) is 23.3 Å². The first-order valence-electron chi connectivity index (χ1n) is 8.61. The molecule has 0 spiro atoms. The van der Waals surface area contributed by atoms with Crippen molar-refractivity contribution in [2.45, 2.75) is 32.0 Å². The van der Waals surface area contributed by atoms with E-state index in [0.717, 1.165) is 31.3 Å². The second-order valence-electron chi connectivity index (χ2n) is 6.88. The fourth-order valence-corrected chi connectivity index (χ4v) is 4.12. The molecule has 128 valence electrons. The van der Waals surface area contributed by atoms with Gasteiger partial charge in [0.1, 0.15) is 5.02 Å². The van der Waals surface area contributed by atoms with Crippen LogP contribution in [-0.2, 0) is 6.54 Å². The number of piperazine rings is 1. The van der Waals surface area contributed by atoms with E-state index in [-0.39, 0.29) is 0 Å².